The van der Waals surface area contributed by atoms with Gasteiger partial charge in [-0.2, -0.15) is 0 Å². The van der Waals surface area contributed by atoms with Crippen LogP contribution in [-0.4, -0.2) is 16.2 Å². The summed E-state index contributed by atoms with van der Waals surface area (Å²) >= 11 is 0. The predicted molar refractivity (Wildman–Crippen MR) is 27.0 cm³/mol. The van der Waals surface area contributed by atoms with E-state index in [9.17, 15) is 4.79 Å². The van der Waals surface area contributed by atoms with Gasteiger partial charge in [0.05, 0.1) is 6.07 Å². The number of carboxylic acid groups (broad SMARTS) is 1. The van der Waals surface area contributed by atoms with E-state index in [0.29, 0.717) is 5.76 Å². The van der Waals surface area contributed by atoms with E-state index in [2.05, 4.69) is 15.7 Å². The first kappa shape index (κ1) is 5.81. The van der Waals surface area contributed by atoms with Crippen LogP contribution in [0.4, 0.5) is 0 Å². The predicted octanol–water partition coefficient (Wildman–Crippen LogP) is 0.481. The molecule has 0 aliphatic rings. The summed E-state index contributed by atoms with van der Waals surface area (Å²) in [6.07, 6.45) is 0. The molecule has 4 nitrogen and oxygen atoms in total. The van der Waals surface area contributed by atoms with Gasteiger partial charge in [0.15, 0.2) is 5.69 Å². The van der Waals surface area contributed by atoms with Gasteiger partial charge in [0.1, 0.15) is 5.76 Å². The number of hydrogen-bond donors (Lipinski definition) is 1. The number of aromatic nitrogens is 1. The molecule has 1 aromatic rings. The Morgan fingerprint density at radius 1 is 1.89 bits per heavy atom. The van der Waals surface area contributed by atoms with Crippen LogP contribution in [0, 0.1) is 13.0 Å². The van der Waals surface area contributed by atoms with E-state index in [1.807, 2.05) is 0 Å². The molecule has 1 aromatic heterocycles. The Morgan fingerprint density at radius 3 is 2.78 bits per heavy atom. The summed E-state index contributed by atoms with van der Waals surface area (Å²) < 4.78 is 4.44. The highest BCUT2D eigenvalue weighted by Crippen LogP contribution is 1.98. The van der Waals surface area contributed by atoms with Crippen LogP contribution in [0.5, 0.6) is 0 Å². The zero-order valence-corrected chi connectivity index (χ0v) is 4.71. The highest BCUT2D eigenvalue weighted by Gasteiger charge is 2.07. The van der Waals surface area contributed by atoms with Crippen LogP contribution in [0.15, 0.2) is 4.52 Å². The summed E-state index contributed by atoms with van der Waals surface area (Å²) in [7, 11) is 0. The molecule has 0 amide bonds. The third-order valence-electron chi connectivity index (χ3n) is 0.771. The van der Waals surface area contributed by atoms with Gasteiger partial charge in [-0.15, -0.1) is 0 Å². The first-order chi connectivity index (χ1) is 4.20. The van der Waals surface area contributed by atoms with Crippen LogP contribution in [0.1, 0.15) is 16.2 Å². The molecule has 0 aliphatic heterocycles. The maximum atomic E-state index is 10.1. The van der Waals surface area contributed by atoms with Crippen molar-refractivity contribution in [3.8, 4) is 0 Å². The number of carboxylic acids is 1. The van der Waals surface area contributed by atoms with Crippen LogP contribution >= 0.6 is 0 Å². The van der Waals surface area contributed by atoms with Gasteiger partial charge in [-0.3, -0.25) is 0 Å². The fraction of sp³-hybridized carbons (Fsp3) is 0.200. The Hall–Kier alpha value is -1.32. The number of hydrogen-bond acceptors (Lipinski definition) is 3. The molecule has 9 heavy (non-hydrogen) atoms. The third kappa shape index (κ3) is 1.07. The lowest BCUT2D eigenvalue weighted by molar-refractivity contribution is 0.0685. The van der Waals surface area contributed by atoms with E-state index < -0.39 is 5.97 Å². The van der Waals surface area contributed by atoms with Gasteiger partial charge < -0.3 is 9.63 Å². The lowest BCUT2D eigenvalue weighted by Gasteiger charge is -1.75. The first-order valence-corrected chi connectivity index (χ1v) is 2.29. The Bertz CT molecular complexity index is 228. The van der Waals surface area contributed by atoms with Gasteiger partial charge in [-0.1, -0.05) is 5.16 Å². The summed E-state index contributed by atoms with van der Waals surface area (Å²) in [5, 5.41) is 11.4. The Balaban J connectivity index is 2.98. The van der Waals surface area contributed by atoms with E-state index in [1.165, 1.54) is 0 Å². The number of aryl methyl sites for hydroxylation is 1. The second-order valence-electron chi connectivity index (χ2n) is 1.52. The Labute approximate surface area is 51.1 Å². The maximum absolute atomic E-state index is 10.1. The molecule has 47 valence electrons. The van der Waals surface area contributed by atoms with Gasteiger partial charge in [0, 0.05) is 0 Å². The van der Waals surface area contributed by atoms with Crippen LogP contribution in [0.3, 0.4) is 0 Å². The number of carbonyl (C=O) groups is 1. The minimum atomic E-state index is -1.12. The lowest BCUT2D eigenvalue weighted by Crippen LogP contribution is -1.94. The summed E-state index contributed by atoms with van der Waals surface area (Å²) in [4.78, 5) is 10.1. The van der Waals surface area contributed by atoms with Gasteiger partial charge in [-0.25, -0.2) is 4.79 Å². The summed E-state index contributed by atoms with van der Waals surface area (Å²) in [5.41, 5.74) is -0.174. The number of nitrogens with zero attached hydrogens (tertiary/aromatic N) is 1. The monoisotopic (exact) mass is 126 g/mol. The highest BCUT2D eigenvalue weighted by atomic mass is 16.5. The normalized spacial score (nSPS) is 9.44. The summed E-state index contributed by atoms with van der Waals surface area (Å²) in [5.74, 6) is -0.737. The Morgan fingerprint density at radius 2 is 2.56 bits per heavy atom. The smallest absolute Gasteiger partial charge is 0.358 e. The van der Waals surface area contributed by atoms with E-state index in [0.717, 1.165) is 0 Å². The van der Waals surface area contributed by atoms with Gasteiger partial charge in [0.2, 0.25) is 0 Å². The van der Waals surface area contributed by atoms with Crippen molar-refractivity contribution in [2.45, 2.75) is 6.92 Å². The minimum Gasteiger partial charge on any atom is -0.476 e. The van der Waals surface area contributed by atoms with Crippen LogP contribution < -0.4 is 0 Å². The molecule has 1 rings (SSSR count). The van der Waals surface area contributed by atoms with Gasteiger partial charge >= 0.3 is 5.97 Å². The SMILES string of the molecule is Cc1[c]c(C(=O)O)no1. The van der Waals surface area contributed by atoms with E-state index in [1.54, 1.807) is 6.92 Å². The molecule has 4 heteroatoms. The van der Waals surface area contributed by atoms with E-state index >= 15 is 0 Å². The topological polar surface area (TPSA) is 63.3 Å². The molecule has 0 saturated carbocycles. The van der Waals surface area contributed by atoms with Crippen LogP contribution in [0.25, 0.3) is 0 Å². The molecular weight excluding hydrogens is 122 g/mol. The second kappa shape index (κ2) is 1.89. The molecule has 0 aromatic carbocycles. The van der Waals surface area contributed by atoms with Crippen molar-refractivity contribution in [3.63, 3.8) is 0 Å². The average molecular weight is 126 g/mol. The third-order valence-corrected chi connectivity index (χ3v) is 0.771. The van der Waals surface area contributed by atoms with Crippen molar-refractivity contribution in [2.75, 3.05) is 0 Å². The van der Waals surface area contributed by atoms with Crippen molar-refractivity contribution < 1.29 is 14.4 Å². The molecule has 0 fully saturated rings. The second-order valence-corrected chi connectivity index (χ2v) is 1.52. The first-order valence-electron chi connectivity index (χ1n) is 2.29. The zero-order valence-electron chi connectivity index (χ0n) is 4.71. The molecule has 0 spiro atoms. The van der Waals surface area contributed by atoms with Crippen molar-refractivity contribution in [1.82, 2.24) is 5.16 Å². The zero-order chi connectivity index (χ0) is 6.85. The Kier molecular flexibility index (Phi) is 1.22. The molecule has 1 heterocycles. The van der Waals surface area contributed by atoms with Crippen molar-refractivity contribution in [2.24, 2.45) is 0 Å². The standard InChI is InChI=1S/C5H4NO3/c1-3-2-4(5(7)8)6-9-3/h1H3,(H,7,8). The molecule has 0 atom stereocenters. The molecule has 0 unspecified atom stereocenters. The molecule has 1 N–H and O–H groups in total. The number of aromatic carboxylic acids is 1. The maximum Gasteiger partial charge on any atom is 0.358 e. The average Bonchev–Trinajstić information content (AvgIpc) is 2.14. The fourth-order valence-electron chi connectivity index (χ4n) is 0.419. The minimum absolute atomic E-state index is 0.174. The van der Waals surface area contributed by atoms with Gasteiger partial charge in [0.25, 0.3) is 0 Å². The fourth-order valence-corrected chi connectivity index (χ4v) is 0.419. The molecular formula is C5H4NO3. The van der Waals surface area contributed by atoms with Gasteiger partial charge in [-0.05, 0) is 6.92 Å². The van der Waals surface area contributed by atoms with E-state index in [4.69, 9.17) is 5.11 Å². The van der Waals surface area contributed by atoms with Crippen molar-refractivity contribution in [3.05, 3.63) is 17.5 Å². The van der Waals surface area contributed by atoms with Crippen molar-refractivity contribution >= 4 is 5.97 Å². The van der Waals surface area contributed by atoms with Crippen LogP contribution in [-0.2, 0) is 0 Å². The highest BCUT2D eigenvalue weighted by molar-refractivity contribution is 5.84. The molecule has 0 bridgehead atoms. The molecule has 1 radical (unpaired) electrons. The van der Waals surface area contributed by atoms with Crippen molar-refractivity contribution in [1.29, 1.82) is 0 Å². The lowest BCUT2D eigenvalue weighted by atomic mass is 10.4. The molecule has 0 aliphatic carbocycles. The molecule has 0 saturated heterocycles. The quantitative estimate of drug-likeness (QED) is 0.594. The summed E-state index contributed by atoms with van der Waals surface area (Å²) in [6.45, 7) is 1.58. The van der Waals surface area contributed by atoms with Crippen LogP contribution in [0.2, 0.25) is 0 Å². The largest absolute Gasteiger partial charge is 0.476 e. The van der Waals surface area contributed by atoms with E-state index in [-0.39, 0.29) is 5.69 Å². The number of rotatable bonds is 1. The summed E-state index contributed by atoms with van der Waals surface area (Å²) in [6, 6.07) is 2.40.